The van der Waals surface area contributed by atoms with Crippen LogP contribution in [-0.2, 0) is 6.54 Å². The summed E-state index contributed by atoms with van der Waals surface area (Å²) in [5.74, 6) is 0. The van der Waals surface area contributed by atoms with Crippen LogP contribution < -0.4 is 10.4 Å². The minimum atomic E-state index is -1.46. The molecule has 1 aliphatic heterocycles. The maximum atomic E-state index is 2.46. The summed E-state index contributed by atoms with van der Waals surface area (Å²) in [5.41, 5.74) is 4.35. The average molecular weight is 298 g/mol. The lowest BCUT2D eigenvalue weighted by Gasteiger charge is -2.19. The van der Waals surface area contributed by atoms with E-state index in [0.717, 1.165) is 6.54 Å². The molecule has 1 heterocycles. The van der Waals surface area contributed by atoms with Gasteiger partial charge in [-0.05, 0) is 47.2 Å². The molecular weight excluding hydrogens is 270 g/mol. The van der Waals surface area contributed by atoms with Gasteiger partial charge in [0.15, 0.2) is 0 Å². The van der Waals surface area contributed by atoms with E-state index in [4.69, 9.17) is 0 Å². The summed E-state index contributed by atoms with van der Waals surface area (Å²) in [5, 5.41) is 3.18. The molecule has 0 atom stereocenters. The van der Waals surface area contributed by atoms with Crippen molar-refractivity contribution in [2.75, 3.05) is 14.1 Å². The summed E-state index contributed by atoms with van der Waals surface area (Å²) in [6, 6.07) is 16.0. The van der Waals surface area contributed by atoms with Crippen molar-refractivity contribution in [3.63, 3.8) is 0 Å². The SMILES string of the molecule is CC.CN(C)Cc1ccc2c(c1)-c1ccccc1[Si]2(C)C. The molecule has 2 heteroatoms. The van der Waals surface area contributed by atoms with E-state index in [-0.39, 0.29) is 0 Å². The van der Waals surface area contributed by atoms with E-state index in [2.05, 4.69) is 74.6 Å². The van der Waals surface area contributed by atoms with E-state index in [1.54, 1.807) is 10.4 Å². The first-order chi connectivity index (χ1) is 10.00. The van der Waals surface area contributed by atoms with E-state index in [1.165, 1.54) is 16.7 Å². The number of fused-ring (bicyclic) bond motifs is 3. The van der Waals surface area contributed by atoms with Gasteiger partial charge in [-0.25, -0.2) is 0 Å². The fraction of sp³-hybridized carbons (Fsp3) is 0.368. The molecule has 112 valence electrons. The summed E-state index contributed by atoms with van der Waals surface area (Å²) < 4.78 is 0. The Morgan fingerprint density at radius 1 is 0.857 bits per heavy atom. The first kappa shape index (κ1) is 16.0. The summed E-state index contributed by atoms with van der Waals surface area (Å²) in [6.07, 6.45) is 0. The van der Waals surface area contributed by atoms with Crippen molar-refractivity contribution in [1.29, 1.82) is 0 Å². The molecule has 0 aliphatic carbocycles. The Kier molecular flexibility index (Phi) is 4.69. The molecule has 0 saturated heterocycles. The fourth-order valence-corrected chi connectivity index (χ4v) is 6.31. The van der Waals surface area contributed by atoms with Gasteiger partial charge in [0.25, 0.3) is 0 Å². The smallest absolute Gasteiger partial charge is 0.113 e. The number of rotatable bonds is 2. The topological polar surface area (TPSA) is 3.24 Å². The normalized spacial score (nSPS) is 14.2. The molecule has 0 saturated carbocycles. The first-order valence-electron chi connectivity index (χ1n) is 7.88. The lowest BCUT2D eigenvalue weighted by atomic mass is 10.0. The molecule has 1 aliphatic rings. The quantitative estimate of drug-likeness (QED) is 0.766. The number of nitrogens with zero attached hydrogens (tertiary/aromatic N) is 1. The van der Waals surface area contributed by atoms with Crippen LogP contribution >= 0.6 is 0 Å². The summed E-state index contributed by atoms with van der Waals surface area (Å²) in [6.45, 7) is 9.93. The molecule has 2 aromatic rings. The second-order valence-corrected chi connectivity index (χ2v) is 10.6. The third-order valence-corrected chi connectivity index (χ3v) is 7.71. The van der Waals surface area contributed by atoms with Crippen molar-refractivity contribution in [3.05, 3.63) is 48.0 Å². The predicted octanol–water partition coefficient (Wildman–Crippen LogP) is 3.58. The molecule has 3 rings (SSSR count). The molecule has 1 nitrogen and oxygen atoms in total. The highest BCUT2D eigenvalue weighted by atomic mass is 28.3. The molecule has 0 fully saturated rings. The van der Waals surface area contributed by atoms with E-state index in [1.807, 2.05) is 13.8 Å². The van der Waals surface area contributed by atoms with Gasteiger partial charge in [-0.1, -0.05) is 63.3 Å². The zero-order chi connectivity index (χ0) is 15.6. The highest BCUT2D eigenvalue weighted by molar-refractivity contribution is 7.03. The lowest BCUT2D eigenvalue weighted by Crippen LogP contribution is -2.49. The zero-order valence-corrected chi connectivity index (χ0v) is 15.2. The van der Waals surface area contributed by atoms with Crippen molar-refractivity contribution in [2.24, 2.45) is 0 Å². The van der Waals surface area contributed by atoms with Crippen molar-refractivity contribution in [1.82, 2.24) is 4.90 Å². The van der Waals surface area contributed by atoms with E-state index >= 15 is 0 Å². The molecule has 0 N–H and O–H groups in total. The molecule has 0 bridgehead atoms. The predicted molar refractivity (Wildman–Crippen MR) is 97.4 cm³/mol. The second kappa shape index (κ2) is 6.16. The third-order valence-electron chi connectivity index (χ3n) is 4.15. The van der Waals surface area contributed by atoms with Crippen LogP contribution in [0.5, 0.6) is 0 Å². The van der Waals surface area contributed by atoms with E-state index < -0.39 is 8.07 Å². The highest BCUT2D eigenvalue weighted by Gasteiger charge is 2.36. The summed E-state index contributed by atoms with van der Waals surface area (Å²) in [7, 11) is 2.79. The largest absolute Gasteiger partial charge is 0.305 e. The Labute approximate surface area is 130 Å². The summed E-state index contributed by atoms with van der Waals surface area (Å²) >= 11 is 0. The van der Waals surface area contributed by atoms with Crippen molar-refractivity contribution in [2.45, 2.75) is 33.5 Å². The lowest BCUT2D eigenvalue weighted by molar-refractivity contribution is 0.402. The Hall–Kier alpha value is -1.38. The first-order valence-corrected chi connectivity index (χ1v) is 10.9. The average Bonchev–Trinajstić information content (AvgIpc) is 2.70. The standard InChI is InChI=1S/C17H21NSi.C2H6/c1-18(2)12-13-9-10-17-15(11-13)14-7-5-6-8-16(14)19(17,3)4;1-2/h5-11H,12H2,1-4H3;1-2H3. The number of benzene rings is 2. The maximum Gasteiger partial charge on any atom is 0.113 e. The van der Waals surface area contributed by atoms with Gasteiger partial charge in [0.2, 0.25) is 0 Å². The molecule has 0 unspecified atom stereocenters. The van der Waals surface area contributed by atoms with Gasteiger partial charge >= 0.3 is 0 Å². The minimum absolute atomic E-state index is 1.01. The Bertz CT molecular complexity index is 629. The van der Waals surface area contributed by atoms with Gasteiger partial charge in [-0.15, -0.1) is 0 Å². The van der Waals surface area contributed by atoms with E-state index in [9.17, 15) is 0 Å². The zero-order valence-electron chi connectivity index (χ0n) is 14.2. The van der Waals surface area contributed by atoms with Crippen molar-refractivity contribution < 1.29 is 0 Å². The van der Waals surface area contributed by atoms with Crippen LogP contribution in [0.3, 0.4) is 0 Å². The van der Waals surface area contributed by atoms with Gasteiger partial charge < -0.3 is 4.90 Å². The van der Waals surface area contributed by atoms with Gasteiger partial charge in [-0.2, -0.15) is 0 Å². The molecule has 21 heavy (non-hydrogen) atoms. The van der Waals surface area contributed by atoms with Crippen LogP contribution in [0, 0.1) is 0 Å². The molecule has 0 aromatic heterocycles. The van der Waals surface area contributed by atoms with Crippen molar-refractivity contribution in [3.8, 4) is 11.1 Å². The molecule has 2 aromatic carbocycles. The number of hydrogen-bond donors (Lipinski definition) is 0. The Morgan fingerprint density at radius 3 is 2.14 bits per heavy atom. The van der Waals surface area contributed by atoms with Crippen LogP contribution in [0.15, 0.2) is 42.5 Å². The van der Waals surface area contributed by atoms with Crippen LogP contribution in [0.25, 0.3) is 11.1 Å². The minimum Gasteiger partial charge on any atom is -0.305 e. The fourth-order valence-electron chi connectivity index (χ4n) is 3.23. The van der Waals surface area contributed by atoms with Crippen molar-refractivity contribution >= 4 is 18.4 Å². The molecular formula is C19H27NSi. The second-order valence-electron chi connectivity index (χ2n) is 6.29. The van der Waals surface area contributed by atoms with Gasteiger partial charge in [-0.3, -0.25) is 0 Å². The maximum absolute atomic E-state index is 2.46. The van der Waals surface area contributed by atoms with Gasteiger partial charge in [0.1, 0.15) is 8.07 Å². The monoisotopic (exact) mass is 297 g/mol. The molecule has 0 spiro atoms. The Balaban J connectivity index is 0.000000774. The number of hydrogen-bond acceptors (Lipinski definition) is 1. The van der Waals surface area contributed by atoms with Crippen LogP contribution in [0.1, 0.15) is 19.4 Å². The third kappa shape index (κ3) is 2.83. The highest BCUT2D eigenvalue weighted by Crippen LogP contribution is 2.28. The van der Waals surface area contributed by atoms with Crippen LogP contribution in [-0.4, -0.2) is 27.1 Å². The van der Waals surface area contributed by atoms with Crippen LogP contribution in [0.4, 0.5) is 0 Å². The van der Waals surface area contributed by atoms with Gasteiger partial charge in [0, 0.05) is 6.54 Å². The van der Waals surface area contributed by atoms with Crippen LogP contribution in [0.2, 0.25) is 13.1 Å². The molecule has 0 radical (unpaired) electrons. The molecule has 0 amide bonds. The Morgan fingerprint density at radius 2 is 1.48 bits per heavy atom. The van der Waals surface area contributed by atoms with Gasteiger partial charge in [0.05, 0.1) is 0 Å². The van der Waals surface area contributed by atoms with E-state index in [0.29, 0.717) is 0 Å². The summed E-state index contributed by atoms with van der Waals surface area (Å²) in [4.78, 5) is 2.23.